The molecule has 0 saturated carbocycles. The average molecular weight is 402 g/mol. The fourth-order valence-electron chi connectivity index (χ4n) is 2.73. The van der Waals surface area contributed by atoms with E-state index in [0.717, 1.165) is 0 Å². The summed E-state index contributed by atoms with van der Waals surface area (Å²) in [6, 6.07) is 6.28. The standard InChI is InChI=1S/C20H22N2O7/c1-5-28-19(25)16-11(2)17(21-12(16)3)20(26)29-10-15(23)22-14-9-7-6-8-13(14)18(24)27-4/h6-9,21H,5,10H2,1-4H3,(H,22,23). The first kappa shape index (κ1) is 21.7. The molecule has 29 heavy (non-hydrogen) atoms. The molecule has 0 saturated heterocycles. The van der Waals surface area contributed by atoms with Gasteiger partial charge in [-0.25, -0.2) is 14.4 Å². The van der Waals surface area contributed by atoms with E-state index in [0.29, 0.717) is 11.3 Å². The van der Waals surface area contributed by atoms with Crippen molar-refractivity contribution < 1.29 is 33.4 Å². The summed E-state index contributed by atoms with van der Waals surface area (Å²) in [5.74, 6) is -2.59. The highest BCUT2D eigenvalue weighted by Gasteiger charge is 2.24. The van der Waals surface area contributed by atoms with E-state index in [4.69, 9.17) is 9.47 Å². The summed E-state index contributed by atoms with van der Waals surface area (Å²) < 4.78 is 14.7. The largest absolute Gasteiger partial charge is 0.465 e. The summed E-state index contributed by atoms with van der Waals surface area (Å²) in [5, 5.41) is 2.50. The molecule has 1 heterocycles. The van der Waals surface area contributed by atoms with Crippen LogP contribution < -0.4 is 5.32 Å². The predicted octanol–water partition coefficient (Wildman–Crippen LogP) is 2.39. The van der Waals surface area contributed by atoms with E-state index >= 15 is 0 Å². The molecular weight excluding hydrogens is 380 g/mol. The van der Waals surface area contributed by atoms with Gasteiger partial charge in [0.25, 0.3) is 5.91 Å². The summed E-state index contributed by atoms with van der Waals surface area (Å²) >= 11 is 0. The number of hydrogen-bond acceptors (Lipinski definition) is 7. The zero-order valence-corrected chi connectivity index (χ0v) is 16.6. The molecule has 0 radical (unpaired) electrons. The number of aromatic amines is 1. The highest BCUT2D eigenvalue weighted by molar-refractivity contribution is 6.03. The van der Waals surface area contributed by atoms with Gasteiger partial charge in [0.1, 0.15) is 5.69 Å². The first-order valence-electron chi connectivity index (χ1n) is 8.80. The normalized spacial score (nSPS) is 10.2. The number of carbonyl (C=O) groups is 4. The van der Waals surface area contributed by atoms with Crippen LogP contribution in [-0.2, 0) is 19.0 Å². The molecule has 0 unspecified atom stereocenters. The molecule has 2 aromatic rings. The topological polar surface area (TPSA) is 124 Å². The molecule has 0 aliphatic carbocycles. The second-order valence-corrected chi connectivity index (χ2v) is 6.01. The lowest BCUT2D eigenvalue weighted by Gasteiger charge is -2.10. The Morgan fingerprint density at radius 2 is 1.69 bits per heavy atom. The van der Waals surface area contributed by atoms with E-state index in [2.05, 4.69) is 15.0 Å². The number of methoxy groups -OCH3 is 1. The fraction of sp³-hybridized carbons (Fsp3) is 0.300. The molecule has 1 aromatic heterocycles. The van der Waals surface area contributed by atoms with Gasteiger partial charge >= 0.3 is 17.9 Å². The van der Waals surface area contributed by atoms with E-state index in [-0.39, 0.29) is 29.1 Å². The highest BCUT2D eigenvalue weighted by atomic mass is 16.5. The van der Waals surface area contributed by atoms with Crippen molar-refractivity contribution in [1.29, 1.82) is 0 Å². The number of rotatable bonds is 7. The van der Waals surface area contributed by atoms with Crippen LogP contribution in [0, 0.1) is 13.8 Å². The van der Waals surface area contributed by atoms with Crippen molar-refractivity contribution in [3.05, 3.63) is 52.3 Å². The Balaban J connectivity index is 2.05. The lowest BCUT2D eigenvalue weighted by Crippen LogP contribution is -2.22. The molecule has 9 nitrogen and oxygen atoms in total. The maximum Gasteiger partial charge on any atom is 0.355 e. The number of nitrogens with one attached hydrogen (secondary N) is 2. The Labute approximate surface area is 167 Å². The number of benzene rings is 1. The van der Waals surface area contributed by atoms with Crippen LogP contribution in [0.25, 0.3) is 0 Å². The van der Waals surface area contributed by atoms with Gasteiger partial charge in [0, 0.05) is 5.69 Å². The molecular formula is C20H22N2O7. The number of esters is 3. The summed E-state index contributed by atoms with van der Waals surface area (Å²) in [7, 11) is 1.23. The van der Waals surface area contributed by atoms with Crippen LogP contribution in [0.15, 0.2) is 24.3 Å². The van der Waals surface area contributed by atoms with Gasteiger partial charge in [0.2, 0.25) is 0 Å². The predicted molar refractivity (Wildman–Crippen MR) is 103 cm³/mol. The number of hydrogen-bond donors (Lipinski definition) is 2. The number of ether oxygens (including phenoxy) is 3. The number of anilines is 1. The molecule has 0 bridgehead atoms. The Hall–Kier alpha value is -3.62. The van der Waals surface area contributed by atoms with Crippen LogP contribution in [-0.4, -0.2) is 49.1 Å². The molecule has 0 atom stereocenters. The SMILES string of the molecule is CCOC(=O)c1c(C)[nH]c(C(=O)OCC(=O)Nc2ccccc2C(=O)OC)c1C. The highest BCUT2D eigenvalue weighted by Crippen LogP contribution is 2.20. The molecule has 2 N–H and O–H groups in total. The molecule has 0 fully saturated rings. The minimum absolute atomic E-state index is 0.0633. The minimum Gasteiger partial charge on any atom is -0.465 e. The van der Waals surface area contributed by atoms with Crippen molar-refractivity contribution in [2.45, 2.75) is 20.8 Å². The summed E-state index contributed by atoms with van der Waals surface area (Å²) in [4.78, 5) is 51.0. The number of aromatic nitrogens is 1. The maximum absolute atomic E-state index is 12.3. The van der Waals surface area contributed by atoms with Gasteiger partial charge in [-0.05, 0) is 38.5 Å². The number of aryl methyl sites for hydroxylation is 1. The van der Waals surface area contributed by atoms with Crippen molar-refractivity contribution >= 4 is 29.5 Å². The number of carbonyl (C=O) groups excluding carboxylic acids is 4. The van der Waals surface area contributed by atoms with Gasteiger partial charge in [-0.15, -0.1) is 0 Å². The van der Waals surface area contributed by atoms with Crippen molar-refractivity contribution in [3.63, 3.8) is 0 Å². The quantitative estimate of drug-likeness (QED) is 0.538. The van der Waals surface area contributed by atoms with Crippen LogP contribution in [0.5, 0.6) is 0 Å². The molecule has 0 aliphatic rings. The van der Waals surface area contributed by atoms with Gasteiger partial charge in [0.05, 0.1) is 30.5 Å². The number of H-pyrrole nitrogens is 1. The van der Waals surface area contributed by atoms with Crippen molar-refractivity contribution in [2.75, 3.05) is 25.6 Å². The van der Waals surface area contributed by atoms with E-state index in [9.17, 15) is 19.2 Å². The zero-order chi connectivity index (χ0) is 21.6. The summed E-state index contributed by atoms with van der Waals surface area (Å²) in [5.41, 5.74) is 1.57. The van der Waals surface area contributed by atoms with Crippen LogP contribution in [0.2, 0.25) is 0 Å². The number of amides is 1. The molecule has 2 rings (SSSR count). The Morgan fingerprint density at radius 3 is 2.34 bits per heavy atom. The van der Waals surface area contributed by atoms with E-state index in [1.807, 2.05) is 0 Å². The van der Waals surface area contributed by atoms with Crippen LogP contribution in [0.3, 0.4) is 0 Å². The van der Waals surface area contributed by atoms with Gasteiger partial charge in [0.15, 0.2) is 6.61 Å². The van der Waals surface area contributed by atoms with Gasteiger partial charge < -0.3 is 24.5 Å². The van der Waals surface area contributed by atoms with Gasteiger partial charge in [-0.1, -0.05) is 12.1 Å². The number of para-hydroxylation sites is 1. The molecule has 154 valence electrons. The molecule has 0 spiro atoms. The Kier molecular flexibility index (Phi) is 7.13. The van der Waals surface area contributed by atoms with Crippen molar-refractivity contribution in [1.82, 2.24) is 4.98 Å². The van der Waals surface area contributed by atoms with Crippen LogP contribution >= 0.6 is 0 Å². The third kappa shape index (κ3) is 5.01. The third-order valence-corrected chi connectivity index (χ3v) is 4.06. The zero-order valence-electron chi connectivity index (χ0n) is 16.6. The fourth-order valence-corrected chi connectivity index (χ4v) is 2.73. The molecule has 1 aromatic carbocycles. The Morgan fingerprint density at radius 1 is 1.00 bits per heavy atom. The van der Waals surface area contributed by atoms with Gasteiger partial charge in [-0.3, -0.25) is 4.79 Å². The van der Waals surface area contributed by atoms with E-state index in [1.165, 1.54) is 19.2 Å². The molecule has 0 aliphatic heterocycles. The second-order valence-electron chi connectivity index (χ2n) is 6.01. The van der Waals surface area contributed by atoms with Gasteiger partial charge in [-0.2, -0.15) is 0 Å². The van der Waals surface area contributed by atoms with E-state index < -0.39 is 30.4 Å². The third-order valence-electron chi connectivity index (χ3n) is 4.06. The van der Waals surface area contributed by atoms with Crippen LogP contribution in [0.1, 0.15) is 49.4 Å². The van der Waals surface area contributed by atoms with Crippen molar-refractivity contribution in [3.8, 4) is 0 Å². The lowest BCUT2D eigenvalue weighted by molar-refractivity contribution is -0.119. The summed E-state index contributed by atoms with van der Waals surface area (Å²) in [6.07, 6.45) is 0. The first-order chi connectivity index (χ1) is 13.8. The smallest absolute Gasteiger partial charge is 0.355 e. The van der Waals surface area contributed by atoms with E-state index in [1.54, 1.807) is 32.9 Å². The monoisotopic (exact) mass is 402 g/mol. The van der Waals surface area contributed by atoms with Crippen molar-refractivity contribution in [2.24, 2.45) is 0 Å². The maximum atomic E-state index is 12.3. The molecule has 9 heteroatoms. The van der Waals surface area contributed by atoms with Crippen LogP contribution in [0.4, 0.5) is 5.69 Å². The average Bonchev–Trinajstić information content (AvgIpc) is 3.00. The Bertz CT molecular complexity index is 946. The second kappa shape index (κ2) is 9.54. The summed E-state index contributed by atoms with van der Waals surface area (Å²) in [6.45, 7) is 4.52. The molecule has 1 amide bonds. The minimum atomic E-state index is -0.794. The first-order valence-corrected chi connectivity index (χ1v) is 8.80. The lowest BCUT2D eigenvalue weighted by atomic mass is 10.1.